The van der Waals surface area contributed by atoms with Gasteiger partial charge in [0.05, 0.1) is 0 Å². The van der Waals surface area contributed by atoms with Crippen molar-refractivity contribution in [3.63, 3.8) is 0 Å². The summed E-state index contributed by atoms with van der Waals surface area (Å²) in [7, 11) is 0. The predicted molar refractivity (Wildman–Crippen MR) is 206 cm³/mol. The third-order valence-corrected chi connectivity index (χ3v) is 16.8. The zero-order chi connectivity index (χ0) is 35.6. The number of hydrogen-bond donors (Lipinski definition) is 1. The number of carbonyl (C=O) groups is 1. The number of hydrogen-bond acceptors (Lipinski definition) is 3. The predicted octanol–water partition coefficient (Wildman–Crippen LogP) is 13.2. The van der Waals surface area contributed by atoms with Gasteiger partial charge in [-0.25, -0.2) is 0 Å². The lowest BCUT2D eigenvalue weighted by atomic mass is 9.33. The molecule has 0 aromatic rings. The Balaban J connectivity index is 1.13. The minimum absolute atomic E-state index is 0.00309. The van der Waals surface area contributed by atoms with Gasteiger partial charge in [-0.2, -0.15) is 0 Å². The number of aliphatic hydroxyl groups excluding tert-OH is 1. The molecule has 0 aromatic heterocycles. The van der Waals surface area contributed by atoms with E-state index < -0.39 is 0 Å². The van der Waals surface area contributed by atoms with Gasteiger partial charge in [-0.15, -0.1) is 0 Å². The van der Waals surface area contributed by atoms with E-state index in [4.69, 9.17) is 4.74 Å². The Morgan fingerprint density at radius 2 is 1.33 bits per heavy atom. The molecule has 49 heavy (non-hydrogen) atoms. The topological polar surface area (TPSA) is 46.5 Å². The summed E-state index contributed by atoms with van der Waals surface area (Å²) in [6, 6.07) is 0. The van der Waals surface area contributed by atoms with E-state index in [-0.39, 0.29) is 39.1 Å². The Kier molecular flexibility index (Phi) is 12.6. The molecule has 4 fully saturated rings. The lowest BCUT2D eigenvalue weighted by molar-refractivity contribution is -0.213. The smallest absolute Gasteiger partial charge is 0.306 e. The third kappa shape index (κ3) is 7.65. The molecule has 0 aliphatic heterocycles. The highest BCUT2D eigenvalue weighted by atomic mass is 16.5. The lowest BCUT2D eigenvalue weighted by Gasteiger charge is -2.71. The van der Waals surface area contributed by atoms with Crippen molar-refractivity contribution in [2.45, 2.75) is 216 Å². The number of allylic oxidation sites excluding steroid dienone is 2. The number of rotatable bonds is 16. The Labute approximate surface area is 304 Å². The Bertz CT molecular complexity index is 1140. The van der Waals surface area contributed by atoms with Crippen LogP contribution in [0.4, 0.5) is 0 Å². The highest BCUT2D eigenvalue weighted by molar-refractivity contribution is 5.69. The summed E-state index contributed by atoms with van der Waals surface area (Å²) in [5.74, 6) is 1.82. The van der Waals surface area contributed by atoms with Crippen molar-refractivity contribution in [2.24, 2.45) is 50.2 Å². The first kappa shape index (κ1) is 39.4. The third-order valence-electron chi connectivity index (χ3n) is 16.8. The maximum atomic E-state index is 13.2. The van der Waals surface area contributed by atoms with Gasteiger partial charge in [0.25, 0.3) is 0 Å². The molecule has 282 valence electrons. The molecule has 8 unspecified atom stereocenters. The number of unbranched alkanes of at least 4 members (excludes halogenated alkanes) is 12. The van der Waals surface area contributed by atoms with E-state index in [0.717, 1.165) is 19.3 Å². The Hall–Kier alpha value is -0.830. The molecule has 0 spiro atoms. The van der Waals surface area contributed by atoms with E-state index in [9.17, 15) is 9.90 Å². The molecule has 0 radical (unpaired) electrons. The van der Waals surface area contributed by atoms with Gasteiger partial charge in [0.15, 0.2) is 0 Å². The molecule has 5 aliphatic rings. The minimum Gasteiger partial charge on any atom is -0.462 e. The van der Waals surface area contributed by atoms with Crippen molar-refractivity contribution in [1.29, 1.82) is 0 Å². The first-order valence-corrected chi connectivity index (χ1v) is 21.7. The van der Waals surface area contributed by atoms with Crippen LogP contribution in [-0.2, 0) is 9.53 Å². The zero-order valence-electron chi connectivity index (χ0n) is 33.8. The molecule has 5 aliphatic carbocycles. The number of carbonyl (C=O) groups excluding carboxylic acids is 1. The van der Waals surface area contributed by atoms with Crippen LogP contribution in [0.5, 0.6) is 0 Å². The molecule has 0 aromatic carbocycles. The fourth-order valence-corrected chi connectivity index (χ4v) is 13.3. The maximum absolute atomic E-state index is 13.2. The van der Waals surface area contributed by atoms with Crippen LogP contribution in [0, 0.1) is 50.2 Å². The van der Waals surface area contributed by atoms with Crippen molar-refractivity contribution in [2.75, 3.05) is 6.61 Å². The van der Waals surface area contributed by atoms with E-state index >= 15 is 0 Å². The van der Waals surface area contributed by atoms with Crippen LogP contribution in [-0.4, -0.2) is 23.8 Å². The summed E-state index contributed by atoms with van der Waals surface area (Å²) < 4.78 is 6.40. The molecule has 0 amide bonds. The van der Waals surface area contributed by atoms with E-state index in [2.05, 4.69) is 61.5 Å². The number of fused-ring (bicyclic) bond motifs is 7. The van der Waals surface area contributed by atoms with Crippen LogP contribution in [0.2, 0.25) is 0 Å². The largest absolute Gasteiger partial charge is 0.462 e. The SMILES string of the molecule is CCCCCCCCCCCCCCCC(=O)OC1CCC2(C)C(CCC3(C)C2CC=C2C4CC(C)(C)CCC4(CO)CCC23C)C1(C)C. The van der Waals surface area contributed by atoms with Gasteiger partial charge in [-0.3, -0.25) is 4.79 Å². The summed E-state index contributed by atoms with van der Waals surface area (Å²) in [6.07, 6.45) is 32.6. The zero-order valence-corrected chi connectivity index (χ0v) is 33.8. The summed E-state index contributed by atoms with van der Waals surface area (Å²) in [5.41, 5.74) is 2.93. The first-order chi connectivity index (χ1) is 23.2. The van der Waals surface area contributed by atoms with Gasteiger partial charge in [-0.1, -0.05) is 144 Å². The second-order valence-electron chi connectivity index (χ2n) is 20.6. The molecule has 8 atom stereocenters. The van der Waals surface area contributed by atoms with Gasteiger partial charge >= 0.3 is 5.97 Å². The maximum Gasteiger partial charge on any atom is 0.306 e. The van der Waals surface area contributed by atoms with Crippen molar-refractivity contribution in [3.05, 3.63) is 11.6 Å². The summed E-state index contributed by atoms with van der Waals surface area (Å²) in [6.45, 7) is 20.4. The second-order valence-corrected chi connectivity index (χ2v) is 20.6. The molecule has 1 N–H and O–H groups in total. The normalized spacial score (nSPS) is 39.2. The second kappa shape index (κ2) is 15.6. The molecular weight excluding hydrogens is 601 g/mol. The molecule has 3 heteroatoms. The average molecular weight is 681 g/mol. The first-order valence-electron chi connectivity index (χ1n) is 21.7. The van der Waals surface area contributed by atoms with Gasteiger partial charge in [0.2, 0.25) is 0 Å². The molecule has 0 saturated heterocycles. The van der Waals surface area contributed by atoms with Gasteiger partial charge < -0.3 is 9.84 Å². The number of aliphatic hydroxyl groups is 1. The summed E-state index contributed by atoms with van der Waals surface area (Å²) in [5, 5.41) is 10.8. The van der Waals surface area contributed by atoms with Crippen LogP contribution < -0.4 is 0 Å². The Morgan fingerprint density at radius 1 is 0.735 bits per heavy atom. The highest BCUT2D eigenvalue weighted by Crippen LogP contribution is 2.75. The van der Waals surface area contributed by atoms with Crippen LogP contribution in [0.1, 0.15) is 209 Å². The molecular formula is C46H80O3. The fraction of sp³-hybridized carbons (Fsp3) is 0.935. The van der Waals surface area contributed by atoms with E-state index in [1.807, 2.05) is 0 Å². The van der Waals surface area contributed by atoms with Crippen LogP contribution in [0.15, 0.2) is 11.6 Å². The van der Waals surface area contributed by atoms with Crippen molar-refractivity contribution < 1.29 is 14.6 Å². The lowest BCUT2D eigenvalue weighted by Crippen LogP contribution is -2.65. The molecule has 5 rings (SSSR count). The van der Waals surface area contributed by atoms with E-state index in [1.165, 1.54) is 128 Å². The van der Waals surface area contributed by atoms with Crippen molar-refractivity contribution in [1.82, 2.24) is 0 Å². The molecule has 0 bridgehead atoms. The Morgan fingerprint density at radius 3 is 1.94 bits per heavy atom. The van der Waals surface area contributed by atoms with Gasteiger partial charge in [-0.05, 0) is 110 Å². The van der Waals surface area contributed by atoms with E-state index in [0.29, 0.717) is 36.2 Å². The highest BCUT2D eigenvalue weighted by Gasteiger charge is 2.68. The van der Waals surface area contributed by atoms with Gasteiger partial charge in [0.1, 0.15) is 6.10 Å². The summed E-state index contributed by atoms with van der Waals surface area (Å²) >= 11 is 0. The summed E-state index contributed by atoms with van der Waals surface area (Å²) in [4.78, 5) is 13.2. The van der Waals surface area contributed by atoms with E-state index in [1.54, 1.807) is 5.57 Å². The fourth-order valence-electron chi connectivity index (χ4n) is 13.3. The van der Waals surface area contributed by atoms with Crippen molar-refractivity contribution in [3.8, 4) is 0 Å². The van der Waals surface area contributed by atoms with Crippen LogP contribution in [0.25, 0.3) is 0 Å². The monoisotopic (exact) mass is 681 g/mol. The average Bonchev–Trinajstić information content (AvgIpc) is 3.05. The standard InChI is InChI=1S/C46H80O3/c1-9-10-11-12-13-14-15-16-17-18-19-20-21-22-40(48)49-39-26-27-43(6)37(42(39,4)5)25-28-45(8)38(43)24-23-35-36-33-41(2,3)29-31-46(36,34-47)32-30-44(35,45)7/h23,36-39,47H,9-22,24-34H2,1-8H3. The molecule has 0 heterocycles. The van der Waals surface area contributed by atoms with Crippen LogP contribution >= 0.6 is 0 Å². The molecule has 4 saturated carbocycles. The molecule has 3 nitrogen and oxygen atoms in total. The van der Waals surface area contributed by atoms with Crippen LogP contribution in [0.3, 0.4) is 0 Å². The quantitative estimate of drug-likeness (QED) is 0.100. The van der Waals surface area contributed by atoms with Gasteiger partial charge in [0, 0.05) is 23.9 Å². The van der Waals surface area contributed by atoms with Crippen molar-refractivity contribution >= 4 is 5.97 Å². The number of ether oxygens (including phenoxy) is 1. The number of esters is 1. The minimum atomic E-state index is -0.00309.